The maximum atomic E-state index is 12.7. The van der Waals surface area contributed by atoms with E-state index in [9.17, 15) is 4.79 Å². The number of benzene rings is 1. The molecule has 1 aromatic carbocycles. The number of nitriles is 1. The maximum absolute atomic E-state index is 12.7. The van der Waals surface area contributed by atoms with Gasteiger partial charge in [0.1, 0.15) is 18.9 Å². The van der Waals surface area contributed by atoms with E-state index in [-0.39, 0.29) is 18.3 Å². The number of nitrogens with zero attached hydrogens (tertiary/aromatic N) is 6. The summed E-state index contributed by atoms with van der Waals surface area (Å²) in [7, 11) is 0. The van der Waals surface area contributed by atoms with Crippen molar-refractivity contribution in [2.75, 3.05) is 29.4 Å². The highest BCUT2D eigenvalue weighted by molar-refractivity contribution is 5.97. The van der Waals surface area contributed by atoms with Gasteiger partial charge in [-0.15, -0.1) is 5.10 Å². The topological polar surface area (TPSA) is 78.0 Å². The summed E-state index contributed by atoms with van der Waals surface area (Å²) in [6, 6.07) is 9.93. The molecule has 1 fully saturated rings. The van der Waals surface area contributed by atoms with Gasteiger partial charge in [0.2, 0.25) is 5.91 Å². The number of para-hydroxylation sites is 2. The van der Waals surface area contributed by atoms with Crippen LogP contribution in [0.3, 0.4) is 0 Å². The fraction of sp³-hybridized carbons (Fsp3) is 0.412. The van der Waals surface area contributed by atoms with Gasteiger partial charge in [0.05, 0.1) is 11.4 Å². The van der Waals surface area contributed by atoms with Gasteiger partial charge in [-0.2, -0.15) is 5.26 Å². The third-order valence-electron chi connectivity index (χ3n) is 4.52. The van der Waals surface area contributed by atoms with E-state index in [2.05, 4.69) is 21.0 Å². The summed E-state index contributed by atoms with van der Waals surface area (Å²) in [5.74, 6) is 0.847. The molecule has 122 valence electrons. The van der Waals surface area contributed by atoms with Gasteiger partial charge in [-0.3, -0.25) is 4.79 Å². The van der Waals surface area contributed by atoms with E-state index in [0.717, 1.165) is 30.4 Å². The lowest BCUT2D eigenvalue weighted by molar-refractivity contribution is -0.119. The molecular weight excluding hydrogens is 304 g/mol. The average Bonchev–Trinajstić information content (AvgIpc) is 3.31. The zero-order valence-corrected chi connectivity index (χ0v) is 13.3. The van der Waals surface area contributed by atoms with E-state index in [0.29, 0.717) is 6.54 Å². The molecule has 0 saturated heterocycles. The Bertz CT molecular complexity index is 803. The molecule has 0 bridgehead atoms. The number of hydrogen-bond donors (Lipinski definition) is 0. The smallest absolute Gasteiger partial charge is 0.252 e. The summed E-state index contributed by atoms with van der Waals surface area (Å²) in [6.45, 7) is 2.68. The summed E-state index contributed by atoms with van der Waals surface area (Å²) < 4.78 is 1.42. The fourth-order valence-corrected chi connectivity index (χ4v) is 3.13. The molecule has 4 rings (SSSR count). The lowest BCUT2D eigenvalue weighted by Gasteiger charge is -2.37. The number of carbonyl (C=O) groups excluding carboxylic acids is 1. The molecule has 1 amide bonds. The van der Waals surface area contributed by atoms with Gasteiger partial charge in [-0.05, 0) is 30.9 Å². The first-order valence-electron chi connectivity index (χ1n) is 8.18. The van der Waals surface area contributed by atoms with Crippen molar-refractivity contribution < 1.29 is 4.79 Å². The first-order valence-corrected chi connectivity index (χ1v) is 8.18. The van der Waals surface area contributed by atoms with Crippen LogP contribution in [0.2, 0.25) is 0 Å². The minimum atomic E-state index is -0.0390. The molecule has 7 nitrogen and oxygen atoms in total. The number of rotatable bonds is 4. The molecule has 0 N–H and O–H groups in total. The monoisotopic (exact) mass is 322 g/mol. The van der Waals surface area contributed by atoms with Crippen molar-refractivity contribution in [3.05, 3.63) is 36.4 Å². The lowest BCUT2D eigenvalue weighted by atomic mass is 10.1. The Hall–Kier alpha value is -2.88. The largest absolute Gasteiger partial charge is 0.368 e. The number of aromatic nitrogens is 3. The first-order chi connectivity index (χ1) is 11.7. The zero-order chi connectivity index (χ0) is 16.5. The normalized spacial score (nSPS) is 16.6. The number of hydrogen-bond acceptors (Lipinski definition) is 5. The van der Waals surface area contributed by atoms with Crippen molar-refractivity contribution in [1.82, 2.24) is 14.8 Å². The Balaban J connectivity index is 1.54. The van der Waals surface area contributed by atoms with Gasteiger partial charge in [-0.25, -0.2) is 9.67 Å². The molecular formula is C17H18N6O. The summed E-state index contributed by atoms with van der Waals surface area (Å²) in [5.41, 5.74) is 2.08. The van der Waals surface area contributed by atoms with Crippen LogP contribution in [0.1, 0.15) is 18.7 Å². The van der Waals surface area contributed by atoms with Crippen molar-refractivity contribution in [3.63, 3.8) is 0 Å². The zero-order valence-electron chi connectivity index (χ0n) is 13.3. The summed E-state index contributed by atoms with van der Waals surface area (Å²) in [6.07, 6.45) is 4.05. The van der Waals surface area contributed by atoms with E-state index in [1.165, 1.54) is 23.9 Å². The molecule has 0 unspecified atom stereocenters. The second kappa shape index (κ2) is 5.96. The Morgan fingerprint density at radius 1 is 1.25 bits per heavy atom. The molecule has 0 spiro atoms. The molecule has 24 heavy (non-hydrogen) atoms. The van der Waals surface area contributed by atoms with Crippen LogP contribution < -0.4 is 9.80 Å². The summed E-state index contributed by atoms with van der Waals surface area (Å²) in [4.78, 5) is 20.7. The molecule has 0 radical (unpaired) electrons. The highest BCUT2D eigenvalue weighted by Crippen LogP contribution is 2.37. The Labute approximate surface area is 140 Å². The first kappa shape index (κ1) is 14.7. The molecule has 2 heterocycles. The van der Waals surface area contributed by atoms with Crippen LogP contribution in [-0.2, 0) is 11.3 Å². The number of fused-ring (bicyclic) bond motifs is 1. The Kier molecular flexibility index (Phi) is 3.65. The van der Waals surface area contributed by atoms with Gasteiger partial charge in [0, 0.05) is 19.6 Å². The number of anilines is 2. The second-order valence-electron chi connectivity index (χ2n) is 6.30. The van der Waals surface area contributed by atoms with Crippen LogP contribution in [0, 0.1) is 17.2 Å². The van der Waals surface area contributed by atoms with Crippen LogP contribution in [0.5, 0.6) is 0 Å². The molecule has 1 aromatic heterocycles. The molecule has 7 heteroatoms. The average molecular weight is 322 g/mol. The second-order valence-corrected chi connectivity index (χ2v) is 6.30. The van der Waals surface area contributed by atoms with Crippen LogP contribution in [0.4, 0.5) is 11.4 Å². The fourth-order valence-electron chi connectivity index (χ4n) is 3.13. The van der Waals surface area contributed by atoms with Gasteiger partial charge in [0.15, 0.2) is 0 Å². The molecule has 2 aliphatic rings. The minimum absolute atomic E-state index is 0.0390. The number of amides is 1. The van der Waals surface area contributed by atoms with Crippen LogP contribution >= 0.6 is 0 Å². The predicted octanol–water partition coefficient (Wildman–Crippen LogP) is 1.41. The highest BCUT2D eigenvalue weighted by Gasteiger charge is 2.30. The third kappa shape index (κ3) is 2.83. The Morgan fingerprint density at radius 2 is 2.04 bits per heavy atom. The van der Waals surface area contributed by atoms with Crippen LogP contribution in [-0.4, -0.2) is 40.3 Å². The van der Waals surface area contributed by atoms with Gasteiger partial charge < -0.3 is 9.80 Å². The molecule has 1 saturated carbocycles. The van der Waals surface area contributed by atoms with Crippen molar-refractivity contribution >= 4 is 17.3 Å². The van der Waals surface area contributed by atoms with Gasteiger partial charge in [-0.1, -0.05) is 12.1 Å². The quantitative estimate of drug-likeness (QED) is 0.850. The molecule has 2 aromatic rings. The van der Waals surface area contributed by atoms with E-state index in [1.54, 1.807) is 0 Å². The van der Waals surface area contributed by atoms with E-state index in [1.807, 2.05) is 29.2 Å². The Morgan fingerprint density at radius 3 is 2.75 bits per heavy atom. The maximum Gasteiger partial charge on any atom is 0.252 e. The van der Waals surface area contributed by atoms with Crippen molar-refractivity contribution in [3.8, 4) is 6.07 Å². The predicted molar refractivity (Wildman–Crippen MR) is 88.5 cm³/mol. The van der Waals surface area contributed by atoms with Gasteiger partial charge in [0.25, 0.3) is 5.82 Å². The van der Waals surface area contributed by atoms with E-state index < -0.39 is 0 Å². The van der Waals surface area contributed by atoms with Crippen molar-refractivity contribution in [2.24, 2.45) is 5.92 Å². The van der Waals surface area contributed by atoms with Crippen LogP contribution in [0.25, 0.3) is 0 Å². The SMILES string of the molecule is N#Cc1ncn(CC(=O)N2CCN(CC3CC3)c3ccccc32)n1. The minimum Gasteiger partial charge on any atom is -0.368 e. The summed E-state index contributed by atoms with van der Waals surface area (Å²) >= 11 is 0. The number of carbonyl (C=O) groups is 1. The van der Waals surface area contributed by atoms with E-state index in [4.69, 9.17) is 5.26 Å². The molecule has 1 aliphatic heterocycles. The molecule has 1 aliphatic carbocycles. The van der Waals surface area contributed by atoms with Crippen molar-refractivity contribution in [2.45, 2.75) is 19.4 Å². The highest BCUT2D eigenvalue weighted by atomic mass is 16.2. The third-order valence-corrected chi connectivity index (χ3v) is 4.52. The van der Waals surface area contributed by atoms with Crippen molar-refractivity contribution in [1.29, 1.82) is 5.26 Å². The lowest BCUT2D eigenvalue weighted by Crippen LogP contribution is -2.45. The van der Waals surface area contributed by atoms with E-state index >= 15 is 0 Å². The summed E-state index contributed by atoms with van der Waals surface area (Å²) in [5, 5.41) is 12.7. The van der Waals surface area contributed by atoms with Gasteiger partial charge >= 0.3 is 0 Å². The molecule has 0 atom stereocenters. The van der Waals surface area contributed by atoms with Crippen LogP contribution in [0.15, 0.2) is 30.6 Å². The standard InChI is InChI=1S/C17H18N6O/c18-9-16-19-12-22(20-16)11-17(24)23-8-7-21(10-13-5-6-13)14-3-1-2-4-15(14)23/h1-4,12-13H,5-8,10-11H2.